The van der Waals surface area contributed by atoms with Crippen LogP contribution in [0.3, 0.4) is 0 Å². The van der Waals surface area contributed by atoms with Gasteiger partial charge in [0.05, 0.1) is 6.04 Å². The van der Waals surface area contributed by atoms with Gasteiger partial charge in [-0.2, -0.15) is 5.10 Å². The Balaban J connectivity index is 1.71. The van der Waals surface area contributed by atoms with Crippen LogP contribution in [0.25, 0.3) is 0 Å². The minimum Gasteiger partial charge on any atom is -0.320 e. The third-order valence-corrected chi connectivity index (χ3v) is 3.88. The van der Waals surface area contributed by atoms with Crippen LogP contribution in [0.4, 0.5) is 5.69 Å². The number of amides is 1. The van der Waals surface area contributed by atoms with Gasteiger partial charge in [0.1, 0.15) is 0 Å². The first-order valence-corrected chi connectivity index (χ1v) is 7.37. The first-order valence-electron chi connectivity index (χ1n) is 7.37. The Morgan fingerprint density at radius 1 is 1.38 bits per heavy atom. The largest absolute Gasteiger partial charge is 0.320 e. The average molecular weight is 284 g/mol. The van der Waals surface area contributed by atoms with E-state index >= 15 is 0 Å². The molecule has 1 aromatic carbocycles. The van der Waals surface area contributed by atoms with Crippen LogP contribution in [0, 0.1) is 6.92 Å². The zero-order chi connectivity index (χ0) is 14.7. The second-order valence-electron chi connectivity index (χ2n) is 5.45. The molecule has 1 atom stereocenters. The zero-order valence-corrected chi connectivity index (χ0v) is 12.2. The van der Waals surface area contributed by atoms with Crippen molar-refractivity contribution in [1.29, 1.82) is 0 Å². The highest BCUT2D eigenvalue weighted by Gasteiger charge is 2.17. The van der Waals surface area contributed by atoms with E-state index in [1.54, 1.807) is 6.07 Å². The van der Waals surface area contributed by atoms with E-state index in [0.29, 0.717) is 11.7 Å². The highest BCUT2D eigenvalue weighted by molar-refractivity contribution is 6.03. The molecule has 1 aliphatic rings. The van der Waals surface area contributed by atoms with Gasteiger partial charge in [0.2, 0.25) is 0 Å². The molecule has 1 aliphatic heterocycles. The first kappa shape index (κ1) is 13.8. The fourth-order valence-electron chi connectivity index (χ4n) is 2.62. The lowest BCUT2D eigenvalue weighted by atomic mass is 10.1. The summed E-state index contributed by atoms with van der Waals surface area (Å²) in [6.45, 7) is 3.96. The van der Waals surface area contributed by atoms with Crippen LogP contribution in [0.1, 0.15) is 34.9 Å². The molecule has 2 N–H and O–H groups in total. The first-order chi connectivity index (χ1) is 10.2. The maximum Gasteiger partial charge on any atom is 0.276 e. The van der Waals surface area contributed by atoms with E-state index in [1.165, 1.54) is 0 Å². The summed E-state index contributed by atoms with van der Waals surface area (Å²) < 4.78 is 1.90. The predicted octanol–water partition coefficient (Wildman–Crippen LogP) is 2.37. The van der Waals surface area contributed by atoms with Crippen molar-refractivity contribution < 1.29 is 4.79 Å². The Labute approximate surface area is 124 Å². The Kier molecular flexibility index (Phi) is 4.01. The van der Waals surface area contributed by atoms with E-state index in [-0.39, 0.29) is 5.91 Å². The molecule has 21 heavy (non-hydrogen) atoms. The molecule has 0 radical (unpaired) electrons. The molecule has 0 saturated carbocycles. The molecule has 5 nitrogen and oxygen atoms in total. The fourth-order valence-corrected chi connectivity index (χ4v) is 2.62. The topological polar surface area (TPSA) is 59.0 Å². The van der Waals surface area contributed by atoms with Gasteiger partial charge in [-0.05, 0) is 44.0 Å². The van der Waals surface area contributed by atoms with Gasteiger partial charge in [-0.1, -0.05) is 18.2 Å². The van der Waals surface area contributed by atoms with Gasteiger partial charge in [0.15, 0.2) is 5.69 Å². The highest BCUT2D eigenvalue weighted by Crippen LogP contribution is 2.17. The predicted molar refractivity (Wildman–Crippen MR) is 82.5 cm³/mol. The Morgan fingerprint density at radius 2 is 2.24 bits per heavy atom. The van der Waals surface area contributed by atoms with E-state index in [0.717, 1.165) is 37.2 Å². The lowest BCUT2D eigenvalue weighted by molar-refractivity contribution is 0.102. The summed E-state index contributed by atoms with van der Waals surface area (Å²) in [6, 6.07) is 9.86. The SMILES string of the molecule is Cc1ccccc1NC(=O)c1ccn(C2CCCNC2)n1. The minimum absolute atomic E-state index is 0.160. The van der Waals surface area contributed by atoms with Crippen molar-refractivity contribution in [2.24, 2.45) is 0 Å². The number of benzene rings is 1. The summed E-state index contributed by atoms with van der Waals surface area (Å²) in [7, 11) is 0. The van der Waals surface area contributed by atoms with Crippen LogP contribution in [-0.2, 0) is 0 Å². The average Bonchev–Trinajstić information content (AvgIpc) is 3.00. The standard InChI is InChI=1S/C16H20N4O/c1-12-5-2-3-7-14(12)18-16(21)15-8-10-20(19-15)13-6-4-9-17-11-13/h2-3,5,7-8,10,13,17H,4,6,9,11H2,1H3,(H,18,21). The summed E-state index contributed by atoms with van der Waals surface area (Å²) in [5.74, 6) is -0.160. The molecule has 1 amide bonds. The van der Waals surface area contributed by atoms with Crippen LogP contribution in [0.5, 0.6) is 0 Å². The van der Waals surface area contributed by atoms with Crippen LogP contribution in [-0.4, -0.2) is 28.8 Å². The van der Waals surface area contributed by atoms with Crippen molar-refractivity contribution >= 4 is 11.6 Å². The molecule has 0 spiro atoms. The summed E-state index contributed by atoms with van der Waals surface area (Å²) >= 11 is 0. The number of anilines is 1. The molecular formula is C16H20N4O. The van der Waals surface area contributed by atoms with Crippen LogP contribution in [0.15, 0.2) is 36.5 Å². The number of carbonyl (C=O) groups is 1. The lowest BCUT2D eigenvalue weighted by Crippen LogP contribution is -2.32. The number of nitrogens with zero attached hydrogens (tertiary/aromatic N) is 2. The van der Waals surface area contributed by atoms with Gasteiger partial charge < -0.3 is 10.6 Å². The molecule has 2 aromatic rings. The van der Waals surface area contributed by atoms with Gasteiger partial charge in [-0.3, -0.25) is 9.48 Å². The van der Waals surface area contributed by atoms with E-state index < -0.39 is 0 Å². The minimum atomic E-state index is -0.160. The van der Waals surface area contributed by atoms with E-state index in [2.05, 4.69) is 15.7 Å². The van der Waals surface area contributed by atoms with Crippen molar-refractivity contribution in [2.45, 2.75) is 25.8 Å². The van der Waals surface area contributed by atoms with E-state index in [4.69, 9.17) is 0 Å². The molecule has 1 unspecified atom stereocenters. The maximum absolute atomic E-state index is 12.3. The molecule has 2 heterocycles. The smallest absolute Gasteiger partial charge is 0.276 e. The number of nitrogens with one attached hydrogen (secondary N) is 2. The van der Waals surface area contributed by atoms with Crippen LogP contribution in [0.2, 0.25) is 0 Å². The number of aryl methyl sites for hydroxylation is 1. The van der Waals surface area contributed by atoms with Gasteiger partial charge in [0, 0.05) is 18.4 Å². The van der Waals surface area contributed by atoms with Crippen molar-refractivity contribution in [1.82, 2.24) is 15.1 Å². The summed E-state index contributed by atoms with van der Waals surface area (Å²) in [5.41, 5.74) is 2.34. The van der Waals surface area contributed by atoms with Gasteiger partial charge >= 0.3 is 0 Å². The number of carbonyl (C=O) groups excluding carboxylic acids is 1. The van der Waals surface area contributed by atoms with Crippen molar-refractivity contribution in [3.63, 3.8) is 0 Å². The van der Waals surface area contributed by atoms with Gasteiger partial charge in [-0.15, -0.1) is 0 Å². The second-order valence-corrected chi connectivity index (χ2v) is 5.45. The zero-order valence-electron chi connectivity index (χ0n) is 12.2. The van der Waals surface area contributed by atoms with Crippen LogP contribution < -0.4 is 10.6 Å². The van der Waals surface area contributed by atoms with Crippen molar-refractivity contribution in [3.05, 3.63) is 47.8 Å². The number of piperidine rings is 1. The molecule has 1 aromatic heterocycles. The molecule has 0 bridgehead atoms. The summed E-state index contributed by atoms with van der Waals surface area (Å²) in [4.78, 5) is 12.3. The normalized spacial score (nSPS) is 18.4. The molecule has 1 fully saturated rings. The van der Waals surface area contributed by atoms with Gasteiger partial charge in [-0.25, -0.2) is 0 Å². The van der Waals surface area contributed by atoms with Gasteiger partial charge in [0.25, 0.3) is 5.91 Å². The quantitative estimate of drug-likeness (QED) is 0.909. The second kappa shape index (κ2) is 6.10. The molecule has 1 saturated heterocycles. The fraction of sp³-hybridized carbons (Fsp3) is 0.375. The highest BCUT2D eigenvalue weighted by atomic mass is 16.1. The lowest BCUT2D eigenvalue weighted by Gasteiger charge is -2.22. The number of hydrogen-bond acceptors (Lipinski definition) is 3. The van der Waals surface area contributed by atoms with E-state index in [9.17, 15) is 4.79 Å². The number of hydrogen-bond donors (Lipinski definition) is 2. The Morgan fingerprint density at radius 3 is 3.00 bits per heavy atom. The molecular weight excluding hydrogens is 264 g/mol. The third kappa shape index (κ3) is 3.13. The number of para-hydroxylation sites is 1. The molecule has 0 aliphatic carbocycles. The monoisotopic (exact) mass is 284 g/mol. The van der Waals surface area contributed by atoms with Crippen LogP contribution >= 0.6 is 0 Å². The molecule has 3 rings (SSSR count). The van der Waals surface area contributed by atoms with Crippen molar-refractivity contribution in [2.75, 3.05) is 18.4 Å². The Hall–Kier alpha value is -2.14. The molecule has 5 heteroatoms. The maximum atomic E-state index is 12.3. The molecule has 110 valence electrons. The number of aromatic nitrogens is 2. The Bertz CT molecular complexity index is 629. The third-order valence-electron chi connectivity index (χ3n) is 3.88. The summed E-state index contributed by atoms with van der Waals surface area (Å²) in [5, 5.41) is 10.7. The van der Waals surface area contributed by atoms with E-state index in [1.807, 2.05) is 42.1 Å². The number of rotatable bonds is 3. The van der Waals surface area contributed by atoms with Crippen molar-refractivity contribution in [3.8, 4) is 0 Å². The summed E-state index contributed by atoms with van der Waals surface area (Å²) in [6.07, 6.45) is 4.15.